The van der Waals surface area contributed by atoms with Gasteiger partial charge in [-0.1, -0.05) is 48.0 Å². The number of aromatic hydroxyl groups is 2. The predicted octanol–water partition coefficient (Wildman–Crippen LogP) is 6.17. The number of carboxylic acids is 1. The molecule has 0 bridgehead atoms. The molecule has 2 heterocycles. The summed E-state index contributed by atoms with van der Waals surface area (Å²) >= 11 is 0. The van der Waals surface area contributed by atoms with Crippen LogP contribution in [0.3, 0.4) is 0 Å². The van der Waals surface area contributed by atoms with Gasteiger partial charge < -0.3 is 25.2 Å². The Morgan fingerprint density at radius 3 is 2.32 bits per heavy atom. The molecular formula is C34H38FN3O6. The number of halogens is 1. The number of likely N-dealkylation sites (tertiary alicyclic amines) is 1. The van der Waals surface area contributed by atoms with Crippen molar-refractivity contribution in [2.75, 3.05) is 19.6 Å². The summed E-state index contributed by atoms with van der Waals surface area (Å²) in [6.07, 6.45) is 4.61. The van der Waals surface area contributed by atoms with Crippen molar-refractivity contribution in [3.63, 3.8) is 0 Å². The molecule has 0 atom stereocenters. The Balaban J connectivity index is 0.00000104. The van der Waals surface area contributed by atoms with Crippen molar-refractivity contribution in [2.45, 2.75) is 52.5 Å². The Morgan fingerprint density at radius 1 is 0.955 bits per heavy atom. The summed E-state index contributed by atoms with van der Waals surface area (Å²) in [5.74, 6) is -1.58. The number of phenolic OH excluding ortho intramolecular Hbond substituents is 2. The van der Waals surface area contributed by atoms with Crippen LogP contribution in [0.2, 0.25) is 0 Å². The summed E-state index contributed by atoms with van der Waals surface area (Å²) in [4.78, 5) is 24.4. The number of carbonyl (C=O) groups excluding carboxylic acids is 1. The number of aliphatic carboxylic acids is 1. The fraction of sp³-hybridized carbons (Fsp3) is 0.324. The molecule has 232 valence electrons. The first kappa shape index (κ1) is 32.2. The van der Waals surface area contributed by atoms with Crippen LogP contribution >= 0.6 is 0 Å². The minimum Gasteiger partial charge on any atom is -0.508 e. The van der Waals surface area contributed by atoms with E-state index >= 15 is 0 Å². The van der Waals surface area contributed by atoms with Crippen LogP contribution in [-0.2, 0) is 24.2 Å². The Bertz CT molecular complexity index is 1570. The zero-order valence-electron chi connectivity index (χ0n) is 25.0. The number of amides is 1. The summed E-state index contributed by atoms with van der Waals surface area (Å²) in [5, 5.41) is 35.7. The van der Waals surface area contributed by atoms with Crippen LogP contribution < -0.4 is 5.32 Å². The lowest BCUT2D eigenvalue weighted by Crippen LogP contribution is -2.29. The molecule has 0 radical (unpaired) electrons. The van der Waals surface area contributed by atoms with E-state index < -0.39 is 5.97 Å². The van der Waals surface area contributed by atoms with Crippen molar-refractivity contribution in [2.24, 2.45) is 0 Å². The van der Waals surface area contributed by atoms with Crippen molar-refractivity contribution in [3.8, 4) is 33.9 Å². The van der Waals surface area contributed by atoms with Gasteiger partial charge in [0.2, 0.25) is 0 Å². The van der Waals surface area contributed by atoms with Crippen molar-refractivity contribution >= 4 is 11.9 Å². The second-order valence-corrected chi connectivity index (χ2v) is 10.8. The lowest BCUT2D eigenvalue weighted by Gasteiger charge is -2.26. The molecule has 9 nitrogen and oxygen atoms in total. The van der Waals surface area contributed by atoms with E-state index in [0.29, 0.717) is 36.1 Å². The quantitative estimate of drug-likeness (QED) is 0.178. The number of piperidine rings is 1. The third-order valence-corrected chi connectivity index (χ3v) is 7.36. The molecule has 4 N–H and O–H groups in total. The van der Waals surface area contributed by atoms with E-state index in [4.69, 9.17) is 14.4 Å². The average molecular weight is 604 g/mol. The Morgan fingerprint density at radius 2 is 1.66 bits per heavy atom. The molecule has 1 amide bonds. The van der Waals surface area contributed by atoms with Gasteiger partial charge in [0.1, 0.15) is 17.3 Å². The minimum atomic E-state index is -0.833. The predicted molar refractivity (Wildman–Crippen MR) is 165 cm³/mol. The van der Waals surface area contributed by atoms with E-state index in [1.54, 1.807) is 12.1 Å². The van der Waals surface area contributed by atoms with Crippen LogP contribution in [0, 0.1) is 5.82 Å². The Labute approximate surface area is 255 Å². The number of nitrogens with zero attached hydrogens (tertiary/aromatic N) is 2. The second kappa shape index (κ2) is 15.2. The largest absolute Gasteiger partial charge is 0.508 e. The van der Waals surface area contributed by atoms with Gasteiger partial charge in [0.05, 0.1) is 11.1 Å². The summed E-state index contributed by atoms with van der Waals surface area (Å²) in [7, 11) is 0. The Hall–Kier alpha value is -4.70. The molecule has 4 aromatic rings. The highest BCUT2D eigenvalue weighted by molar-refractivity contribution is 6.02. The molecule has 0 aliphatic carbocycles. The summed E-state index contributed by atoms with van der Waals surface area (Å²) in [6.45, 7) is 6.39. The van der Waals surface area contributed by atoms with Crippen molar-refractivity contribution in [1.82, 2.24) is 15.4 Å². The average Bonchev–Trinajstić information content (AvgIpc) is 3.43. The zero-order valence-corrected chi connectivity index (χ0v) is 25.0. The standard InChI is InChI=1S/C32H34FN3O4.C2H4O2/c1-2-34-32(39)30-29(23-12-10-22(11-13-23)20-36-15-4-3-5-16-36)31(40-35-30)26-18-24(27(37)19-28(26)38)14-9-21-7-6-8-25(33)17-21;1-2(3)4/h6-8,10-13,17-19,37-38H,2-5,9,14-16,20H2,1H3,(H,34,39);1H3,(H,3,4). The van der Waals surface area contributed by atoms with E-state index in [-0.39, 0.29) is 34.7 Å². The minimum absolute atomic E-state index is 0.0790. The molecule has 44 heavy (non-hydrogen) atoms. The maximum atomic E-state index is 13.6. The van der Waals surface area contributed by atoms with Gasteiger partial charge in [-0.25, -0.2) is 4.39 Å². The lowest BCUT2D eigenvalue weighted by atomic mass is 9.95. The van der Waals surface area contributed by atoms with E-state index in [9.17, 15) is 19.4 Å². The maximum Gasteiger partial charge on any atom is 0.300 e. The van der Waals surface area contributed by atoms with E-state index in [1.807, 2.05) is 37.3 Å². The number of rotatable bonds is 9. The molecule has 1 aliphatic heterocycles. The monoisotopic (exact) mass is 603 g/mol. The third-order valence-electron chi connectivity index (χ3n) is 7.36. The van der Waals surface area contributed by atoms with Gasteiger partial charge in [0.25, 0.3) is 11.9 Å². The van der Waals surface area contributed by atoms with Gasteiger partial charge in [-0.3, -0.25) is 14.5 Å². The molecular weight excluding hydrogens is 565 g/mol. The number of benzene rings is 3. The normalized spacial score (nSPS) is 13.2. The van der Waals surface area contributed by atoms with Crippen LogP contribution in [0.1, 0.15) is 60.3 Å². The second-order valence-electron chi connectivity index (χ2n) is 10.8. The molecule has 0 saturated carbocycles. The molecule has 10 heteroatoms. The smallest absolute Gasteiger partial charge is 0.300 e. The number of nitrogens with one attached hydrogen (secondary N) is 1. The fourth-order valence-electron chi connectivity index (χ4n) is 5.27. The van der Waals surface area contributed by atoms with Gasteiger partial charge >= 0.3 is 0 Å². The van der Waals surface area contributed by atoms with Gasteiger partial charge in [-0.15, -0.1) is 0 Å². The van der Waals surface area contributed by atoms with E-state index in [2.05, 4.69) is 15.4 Å². The molecule has 1 fully saturated rings. The van der Waals surface area contributed by atoms with Crippen molar-refractivity contribution < 1.29 is 33.8 Å². The number of phenols is 2. The number of hydrogen-bond acceptors (Lipinski definition) is 7. The topological polar surface area (TPSA) is 136 Å². The van der Waals surface area contributed by atoms with E-state index in [1.165, 1.54) is 43.0 Å². The first-order valence-electron chi connectivity index (χ1n) is 14.7. The number of carboxylic acid groups (broad SMARTS) is 1. The van der Waals surface area contributed by atoms with Crippen LogP contribution in [0.4, 0.5) is 4.39 Å². The number of hydrogen-bond donors (Lipinski definition) is 4. The summed E-state index contributed by atoms with van der Waals surface area (Å²) in [5.41, 5.74) is 4.14. The van der Waals surface area contributed by atoms with Crippen LogP contribution in [0.5, 0.6) is 11.5 Å². The SMILES string of the molecule is CC(=O)O.CCNC(=O)c1noc(-c2cc(CCc3cccc(F)c3)c(O)cc2O)c1-c1ccc(CN2CCCCC2)cc1. The molecule has 1 aromatic heterocycles. The van der Waals surface area contributed by atoms with Gasteiger partial charge in [-0.05, 0) is 86.1 Å². The highest BCUT2D eigenvalue weighted by Gasteiger charge is 2.27. The van der Waals surface area contributed by atoms with Crippen LogP contribution in [-0.4, -0.2) is 56.9 Å². The first-order valence-corrected chi connectivity index (χ1v) is 14.7. The molecule has 0 unspecified atom stereocenters. The third kappa shape index (κ3) is 8.44. The molecule has 1 aliphatic rings. The molecule has 3 aromatic carbocycles. The van der Waals surface area contributed by atoms with Crippen LogP contribution in [0.25, 0.3) is 22.5 Å². The molecule has 1 saturated heterocycles. The summed E-state index contributed by atoms with van der Waals surface area (Å²) < 4.78 is 19.3. The maximum absolute atomic E-state index is 13.6. The fourth-order valence-corrected chi connectivity index (χ4v) is 5.27. The van der Waals surface area contributed by atoms with Gasteiger partial charge in [-0.2, -0.15) is 0 Å². The lowest BCUT2D eigenvalue weighted by molar-refractivity contribution is -0.134. The number of carbonyl (C=O) groups is 2. The number of aryl methyl sites for hydroxylation is 2. The highest BCUT2D eigenvalue weighted by atomic mass is 19.1. The van der Waals surface area contributed by atoms with Gasteiger partial charge in [0.15, 0.2) is 11.5 Å². The van der Waals surface area contributed by atoms with Crippen molar-refractivity contribution in [1.29, 1.82) is 0 Å². The van der Waals surface area contributed by atoms with Gasteiger partial charge in [0, 0.05) is 26.1 Å². The first-order chi connectivity index (χ1) is 21.2. The molecule has 0 spiro atoms. The molecule has 5 rings (SSSR count). The summed E-state index contributed by atoms with van der Waals surface area (Å²) in [6, 6.07) is 17.2. The van der Waals surface area contributed by atoms with E-state index in [0.717, 1.165) is 37.7 Å². The zero-order chi connectivity index (χ0) is 31.6. The van der Waals surface area contributed by atoms with Crippen molar-refractivity contribution in [3.05, 3.63) is 88.9 Å². The Kier molecular flexibility index (Phi) is 11.1. The van der Waals surface area contributed by atoms with Crippen LogP contribution in [0.15, 0.2) is 65.2 Å². The number of aromatic nitrogens is 1. The highest BCUT2D eigenvalue weighted by Crippen LogP contribution is 2.42.